The van der Waals surface area contributed by atoms with Crippen LogP contribution in [0.3, 0.4) is 0 Å². The van der Waals surface area contributed by atoms with E-state index in [0.717, 1.165) is 7.11 Å². The summed E-state index contributed by atoms with van der Waals surface area (Å²) in [5.74, 6) is 0. The molecular weight excluding hydrogens is 200 g/mol. The molecule has 0 aromatic heterocycles. The normalized spacial score (nSPS) is 13.5. The lowest BCUT2D eigenvalue weighted by Crippen LogP contribution is -2.45. The Morgan fingerprint density at radius 2 is 2.15 bits per heavy atom. The van der Waals surface area contributed by atoms with Crippen LogP contribution in [0.1, 0.15) is 6.92 Å². The zero-order valence-electron chi connectivity index (χ0n) is 7.27. The highest BCUT2D eigenvalue weighted by Crippen LogP contribution is 1.85. The van der Waals surface area contributed by atoms with E-state index in [1.54, 1.807) is 4.72 Å². The second-order valence-corrected chi connectivity index (χ2v) is 3.75. The molecule has 0 aliphatic carbocycles. The van der Waals surface area contributed by atoms with Crippen LogP contribution in [0.5, 0.6) is 0 Å². The molecule has 0 rings (SSSR count). The van der Waals surface area contributed by atoms with Gasteiger partial charge in [0, 0.05) is 6.04 Å². The Hall–Kier alpha value is -0.860. The maximum atomic E-state index is 10.9. The van der Waals surface area contributed by atoms with Crippen molar-refractivity contribution in [1.29, 1.82) is 0 Å². The van der Waals surface area contributed by atoms with Gasteiger partial charge < -0.3 is 9.84 Å². The van der Waals surface area contributed by atoms with Gasteiger partial charge in [0.15, 0.2) is 0 Å². The van der Waals surface area contributed by atoms with Crippen LogP contribution in [0, 0.1) is 0 Å². The smallest absolute Gasteiger partial charge is 0.421 e. The van der Waals surface area contributed by atoms with E-state index >= 15 is 0 Å². The van der Waals surface area contributed by atoms with Crippen molar-refractivity contribution in [3.63, 3.8) is 0 Å². The highest BCUT2D eigenvalue weighted by molar-refractivity contribution is 7.88. The Balaban J connectivity index is 4.17. The van der Waals surface area contributed by atoms with Gasteiger partial charge in [-0.05, 0) is 6.92 Å². The van der Waals surface area contributed by atoms with Crippen molar-refractivity contribution < 1.29 is 23.1 Å². The van der Waals surface area contributed by atoms with E-state index in [9.17, 15) is 13.2 Å². The number of aliphatic hydroxyl groups excluding tert-OH is 1. The summed E-state index contributed by atoms with van der Waals surface area (Å²) in [6.07, 6.45) is -1.09. The Kier molecular flexibility index (Phi) is 4.67. The van der Waals surface area contributed by atoms with Crippen LogP contribution in [0.2, 0.25) is 0 Å². The van der Waals surface area contributed by atoms with Crippen LogP contribution in [-0.4, -0.2) is 39.4 Å². The standard InChI is InChI=1S/C5H12N2O5S/c1-4(3-8)6-13(10,11)7-5(9)12-2/h4,6,8H,3H2,1-2H3,(H,7,9)/t4-/m0/s1. The lowest BCUT2D eigenvalue weighted by atomic mass is 10.4. The van der Waals surface area contributed by atoms with E-state index in [1.165, 1.54) is 6.92 Å². The number of rotatable bonds is 4. The molecule has 1 amide bonds. The molecule has 78 valence electrons. The molecule has 0 aromatic rings. The molecule has 0 saturated carbocycles. The van der Waals surface area contributed by atoms with Crippen LogP contribution in [0.4, 0.5) is 4.79 Å². The third-order valence-corrected chi connectivity index (χ3v) is 2.18. The Morgan fingerprint density at radius 1 is 1.62 bits per heavy atom. The zero-order valence-corrected chi connectivity index (χ0v) is 8.09. The summed E-state index contributed by atoms with van der Waals surface area (Å²) in [6.45, 7) is 1.08. The molecule has 0 aliphatic rings. The predicted molar refractivity (Wildman–Crippen MR) is 44.1 cm³/mol. The number of aliphatic hydroxyl groups is 1. The third-order valence-electron chi connectivity index (χ3n) is 1.03. The van der Waals surface area contributed by atoms with Crippen molar-refractivity contribution in [3.8, 4) is 0 Å². The molecule has 0 saturated heterocycles. The first-order valence-electron chi connectivity index (χ1n) is 3.40. The summed E-state index contributed by atoms with van der Waals surface area (Å²) in [7, 11) is -2.90. The summed E-state index contributed by atoms with van der Waals surface area (Å²) in [5, 5.41) is 8.52. The molecule has 7 nitrogen and oxygen atoms in total. The van der Waals surface area contributed by atoms with Crippen molar-refractivity contribution >= 4 is 16.3 Å². The van der Waals surface area contributed by atoms with Gasteiger partial charge in [0.05, 0.1) is 13.7 Å². The number of hydrogen-bond donors (Lipinski definition) is 3. The van der Waals surface area contributed by atoms with Crippen LogP contribution in [0.15, 0.2) is 0 Å². The molecular formula is C5H12N2O5S. The van der Waals surface area contributed by atoms with Gasteiger partial charge in [-0.1, -0.05) is 0 Å². The van der Waals surface area contributed by atoms with Gasteiger partial charge in [-0.2, -0.15) is 13.1 Å². The van der Waals surface area contributed by atoms with Gasteiger partial charge in [-0.25, -0.2) is 9.52 Å². The van der Waals surface area contributed by atoms with Crippen molar-refractivity contribution in [2.75, 3.05) is 13.7 Å². The highest BCUT2D eigenvalue weighted by Gasteiger charge is 2.16. The second-order valence-electron chi connectivity index (χ2n) is 2.30. The molecule has 0 aromatic carbocycles. The summed E-state index contributed by atoms with van der Waals surface area (Å²) in [4.78, 5) is 10.5. The second kappa shape index (κ2) is 5.00. The van der Waals surface area contributed by atoms with Crippen LogP contribution < -0.4 is 9.44 Å². The minimum atomic E-state index is -3.94. The molecule has 0 heterocycles. The first-order chi connectivity index (χ1) is 5.91. The van der Waals surface area contributed by atoms with E-state index in [-0.39, 0.29) is 6.61 Å². The highest BCUT2D eigenvalue weighted by atomic mass is 32.2. The molecule has 13 heavy (non-hydrogen) atoms. The van der Waals surface area contributed by atoms with E-state index in [0.29, 0.717) is 0 Å². The molecule has 3 N–H and O–H groups in total. The Labute approximate surface area is 76.3 Å². The number of carbonyl (C=O) groups is 1. The Morgan fingerprint density at radius 3 is 2.54 bits per heavy atom. The van der Waals surface area contributed by atoms with E-state index in [2.05, 4.69) is 4.74 Å². The lowest BCUT2D eigenvalue weighted by molar-refractivity contribution is 0.177. The summed E-state index contributed by atoms with van der Waals surface area (Å²) in [5.41, 5.74) is 0. The van der Waals surface area contributed by atoms with Crippen LogP contribution >= 0.6 is 0 Å². The van der Waals surface area contributed by atoms with Gasteiger partial charge in [0.2, 0.25) is 0 Å². The van der Waals surface area contributed by atoms with Crippen molar-refractivity contribution in [2.45, 2.75) is 13.0 Å². The molecule has 8 heteroatoms. The molecule has 0 spiro atoms. The topological polar surface area (TPSA) is 105 Å². The van der Waals surface area contributed by atoms with E-state index in [4.69, 9.17) is 5.11 Å². The van der Waals surface area contributed by atoms with Crippen molar-refractivity contribution in [3.05, 3.63) is 0 Å². The summed E-state index contributed by atoms with van der Waals surface area (Å²) >= 11 is 0. The van der Waals surface area contributed by atoms with Gasteiger partial charge >= 0.3 is 16.3 Å². The fraction of sp³-hybridized carbons (Fsp3) is 0.800. The largest absolute Gasteiger partial charge is 0.452 e. The molecule has 0 radical (unpaired) electrons. The lowest BCUT2D eigenvalue weighted by Gasteiger charge is -2.11. The number of amides is 1. The number of hydrogen-bond acceptors (Lipinski definition) is 5. The first kappa shape index (κ1) is 12.1. The number of ether oxygens (including phenoxy) is 1. The quantitative estimate of drug-likeness (QED) is 0.529. The van der Waals surface area contributed by atoms with Gasteiger partial charge in [-0.3, -0.25) is 0 Å². The summed E-state index contributed by atoms with van der Waals surface area (Å²) < 4.78 is 29.5. The van der Waals surface area contributed by atoms with Gasteiger partial charge in [0.1, 0.15) is 0 Å². The maximum absolute atomic E-state index is 10.9. The van der Waals surface area contributed by atoms with Gasteiger partial charge in [-0.15, -0.1) is 0 Å². The minimum Gasteiger partial charge on any atom is -0.452 e. The zero-order chi connectivity index (χ0) is 10.5. The average Bonchev–Trinajstić information content (AvgIpc) is 2.02. The molecule has 0 unspecified atom stereocenters. The molecule has 1 atom stereocenters. The summed E-state index contributed by atoms with van der Waals surface area (Å²) in [6, 6.07) is -0.665. The maximum Gasteiger partial charge on any atom is 0.421 e. The Bertz CT molecular complexity index is 262. The van der Waals surface area contributed by atoms with E-state index in [1.807, 2.05) is 4.72 Å². The molecule has 0 fully saturated rings. The fourth-order valence-corrected chi connectivity index (χ4v) is 1.45. The predicted octanol–water partition coefficient (Wildman–Crippen LogP) is -1.44. The van der Waals surface area contributed by atoms with Crippen LogP contribution in [0.25, 0.3) is 0 Å². The fourth-order valence-electron chi connectivity index (χ4n) is 0.483. The third kappa shape index (κ3) is 5.39. The van der Waals surface area contributed by atoms with Crippen molar-refractivity contribution in [1.82, 2.24) is 9.44 Å². The van der Waals surface area contributed by atoms with Crippen LogP contribution in [-0.2, 0) is 14.9 Å². The monoisotopic (exact) mass is 212 g/mol. The molecule has 0 bridgehead atoms. The minimum absolute atomic E-state index is 0.359. The van der Waals surface area contributed by atoms with E-state index < -0.39 is 22.3 Å². The average molecular weight is 212 g/mol. The molecule has 0 aliphatic heterocycles. The number of carbonyl (C=O) groups excluding carboxylic acids is 1. The first-order valence-corrected chi connectivity index (χ1v) is 4.88. The number of methoxy groups -OCH3 is 1. The van der Waals surface area contributed by atoms with Crippen molar-refractivity contribution in [2.24, 2.45) is 0 Å². The SMILES string of the molecule is COC(=O)NS(=O)(=O)N[C@@H](C)CO. The number of nitrogens with one attached hydrogen (secondary N) is 2. The van der Waals surface area contributed by atoms with Gasteiger partial charge in [0.25, 0.3) is 0 Å².